The van der Waals surface area contributed by atoms with E-state index in [1.54, 1.807) is 30.2 Å². The highest BCUT2D eigenvalue weighted by atomic mass is 35.5. The number of hydrogen-bond donors (Lipinski definition) is 2. The molecule has 1 saturated heterocycles. The van der Waals surface area contributed by atoms with Crippen LogP contribution in [-0.2, 0) is 7.05 Å². The number of H-pyrrole nitrogens is 1. The molecule has 11 heteroatoms. The van der Waals surface area contributed by atoms with Crippen molar-refractivity contribution in [2.24, 2.45) is 13.0 Å². The summed E-state index contributed by atoms with van der Waals surface area (Å²) in [5.41, 5.74) is 2.32. The van der Waals surface area contributed by atoms with Crippen molar-refractivity contribution in [2.45, 2.75) is 19.3 Å². The highest BCUT2D eigenvalue weighted by Crippen LogP contribution is 2.33. The molecule has 4 aromatic rings. The predicted molar refractivity (Wildman–Crippen MR) is 121 cm³/mol. The van der Waals surface area contributed by atoms with Crippen molar-refractivity contribution < 1.29 is 4.79 Å². The molecule has 0 aliphatic carbocycles. The van der Waals surface area contributed by atoms with Gasteiger partial charge in [0, 0.05) is 49.7 Å². The second kappa shape index (κ2) is 8.27. The molecule has 3 aromatic heterocycles. The summed E-state index contributed by atoms with van der Waals surface area (Å²) in [6.45, 7) is 1.75. The van der Waals surface area contributed by atoms with Gasteiger partial charge in [0.25, 0.3) is 0 Å². The van der Waals surface area contributed by atoms with Gasteiger partial charge in [-0.05, 0) is 37.0 Å². The summed E-state index contributed by atoms with van der Waals surface area (Å²) in [5, 5.41) is 16.4. The Labute approximate surface area is 187 Å². The lowest BCUT2D eigenvalue weighted by Gasteiger charge is -2.14. The molecule has 1 atom stereocenters. The normalized spacial score (nSPS) is 16.3. The summed E-state index contributed by atoms with van der Waals surface area (Å²) in [7, 11) is 1.80. The number of aromatic nitrogens is 6. The fourth-order valence-corrected chi connectivity index (χ4v) is 4.81. The van der Waals surface area contributed by atoms with Crippen LogP contribution in [0.15, 0.2) is 30.6 Å². The van der Waals surface area contributed by atoms with Crippen molar-refractivity contribution in [3.05, 3.63) is 41.3 Å². The SMILES string of the molecule is Cn1nccc1C(=O)CC[C@@H]1CCN(c2nsc(Nc3ccc4[nH]ncc4c3Cl)n2)C1. The molecule has 1 aromatic carbocycles. The molecule has 0 radical (unpaired) electrons. The molecule has 4 heterocycles. The third kappa shape index (κ3) is 4.00. The highest BCUT2D eigenvalue weighted by Gasteiger charge is 2.26. The summed E-state index contributed by atoms with van der Waals surface area (Å²) in [5.74, 6) is 1.31. The molecule has 0 unspecified atom stereocenters. The average molecular weight is 457 g/mol. The lowest BCUT2D eigenvalue weighted by molar-refractivity contribution is 0.0965. The molecule has 2 N–H and O–H groups in total. The second-order valence-corrected chi connectivity index (χ2v) is 8.82. The van der Waals surface area contributed by atoms with Crippen LogP contribution in [0.1, 0.15) is 29.8 Å². The largest absolute Gasteiger partial charge is 0.340 e. The van der Waals surface area contributed by atoms with E-state index in [2.05, 4.69) is 34.9 Å². The topological polar surface area (TPSA) is 105 Å². The van der Waals surface area contributed by atoms with Gasteiger partial charge in [-0.25, -0.2) is 0 Å². The first-order valence-electron chi connectivity index (χ1n) is 10.1. The third-order valence-corrected chi connectivity index (χ3v) is 6.70. The van der Waals surface area contributed by atoms with Crippen molar-refractivity contribution in [2.75, 3.05) is 23.3 Å². The number of fused-ring (bicyclic) bond motifs is 1. The lowest BCUT2D eigenvalue weighted by Crippen LogP contribution is -2.21. The van der Waals surface area contributed by atoms with Crippen LogP contribution in [0.3, 0.4) is 0 Å². The molecule has 1 aliphatic rings. The Morgan fingerprint density at radius 1 is 1.39 bits per heavy atom. The molecule has 1 aliphatic heterocycles. The zero-order valence-electron chi connectivity index (χ0n) is 16.9. The Morgan fingerprint density at radius 2 is 2.29 bits per heavy atom. The minimum absolute atomic E-state index is 0.142. The summed E-state index contributed by atoms with van der Waals surface area (Å²) in [6, 6.07) is 5.60. The Bertz CT molecular complexity index is 1230. The molecule has 31 heavy (non-hydrogen) atoms. The maximum Gasteiger partial charge on any atom is 0.239 e. The predicted octanol–water partition coefficient (Wildman–Crippen LogP) is 4.03. The van der Waals surface area contributed by atoms with Gasteiger partial charge in [-0.3, -0.25) is 14.6 Å². The van der Waals surface area contributed by atoms with Crippen molar-refractivity contribution in [1.82, 2.24) is 29.3 Å². The van der Waals surface area contributed by atoms with Gasteiger partial charge in [-0.2, -0.15) is 19.6 Å². The van der Waals surface area contributed by atoms with Crippen LogP contribution in [0.25, 0.3) is 10.9 Å². The maximum absolute atomic E-state index is 12.4. The van der Waals surface area contributed by atoms with Gasteiger partial charge in [0.2, 0.25) is 11.1 Å². The van der Waals surface area contributed by atoms with Crippen LogP contribution in [0.5, 0.6) is 0 Å². The van der Waals surface area contributed by atoms with E-state index in [-0.39, 0.29) is 5.78 Å². The Kier molecular flexibility index (Phi) is 5.33. The highest BCUT2D eigenvalue weighted by molar-refractivity contribution is 7.10. The average Bonchev–Trinajstić information content (AvgIpc) is 3.55. The van der Waals surface area contributed by atoms with Gasteiger partial charge in [0.15, 0.2) is 5.78 Å². The molecular weight excluding hydrogens is 436 g/mol. The van der Waals surface area contributed by atoms with E-state index < -0.39 is 0 Å². The Hall–Kier alpha value is -2.98. The summed E-state index contributed by atoms with van der Waals surface area (Å²) in [6.07, 6.45) is 5.78. The van der Waals surface area contributed by atoms with Gasteiger partial charge in [-0.1, -0.05) is 11.6 Å². The molecule has 0 bridgehead atoms. The Morgan fingerprint density at radius 3 is 3.13 bits per heavy atom. The van der Waals surface area contributed by atoms with Gasteiger partial charge >= 0.3 is 0 Å². The number of ketones is 1. The number of carbonyl (C=O) groups excluding carboxylic acids is 1. The maximum atomic E-state index is 12.4. The van der Waals surface area contributed by atoms with Crippen molar-refractivity contribution >= 4 is 56.6 Å². The van der Waals surface area contributed by atoms with Crippen LogP contribution in [0.4, 0.5) is 16.8 Å². The third-order valence-electron chi connectivity index (χ3n) is 5.67. The monoisotopic (exact) mass is 456 g/mol. The number of aromatic amines is 1. The van der Waals surface area contributed by atoms with Gasteiger partial charge in [0.1, 0.15) is 5.69 Å². The molecule has 0 saturated carbocycles. The smallest absolute Gasteiger partial charge is 0.239 e. The lowest BCUT2D eigenvalue weighted by atomic mass is 10.00. The summed E-state index contributed by atoms with van der Waals surface area (Å²) in [4.78, 5) is 19.2. The molecule has 160 valence electrons. The van der Waals surface area contributed by atoms with Crippen LogP contribution in [-0.4, -0.2) is 48.2 Å². The standard InChI is InChI=1S/C20H21ClN8OS/c1-28-16(6-8-23-28)17(30)5-2-12-7-9-29(11-12)19-25-20(31-27-19)24-15-4-3-14-13(18(15)21)10-22-26-14/h3-4,6,8,10,12H,2,5,7,9,11H2,1H3,(H,22,26)(H,24,25,27)/t12-/m1/s1. The van der Waals surface area contributed by atoms with E-state index in [9.17, 15) is 4.79 Å². The van der Waals surface area contributed by atoms with Gasteiger partial charge in [0.05, 0.1) is 22.4 Å². The number of anilines is 3. The molecule has 9 nitrogen and oxygen atoms in total. The number of hydrogen-bond acceptors (Lipinski definition) is 8. The quantitative estimate of drug-likeness (QED) is 0.404. The Balaban J connectivity index is 1.19. The van der Waals surface area contributed by atoms with Crippen molar-refractivity contribution in [1.29, 1.82) is 0 Å². The molecule has 1 fully saturated rings. The zero-order valence-corrected chi connectivity index (χ0v) is 18.4. The van der Waals surface area contributed by atoms with E-state index in [1.165, 1.54) is 11.5 Å². The number of carbonyl (C=O) groups is 1. The van der Waals surface area contributed by atoms with Gasteiger partial charge in [-0.15, -0.1) is 0 Å². The minimum Gasteiger partial charge on any atom is -0.340 e. The number of rotatable bonds is 7. The molecule has 0 amide bonds. The number of nitrogens with one attached hydrogen (secondary N) is 2. The number of aryl methyl sites for hydroxylation is 1. The molecule has 5 rings (SSSR count). The van der Waals surface area contributed by atoms with E-state index >= 15 is 0 Å². The summed E-state index contributed by atoms with van der Waals surface area (Å²) < 4.78 is 6.14. The number of benzene rings is 1. The zero-order chi connectivity index (χ0) is 21.4. The van der Waals surface area contributed by atoms with Crippen LogP contribution in [0.2, 0.25) is 5.02 Å². The fourth-order valence-electron chi connectivity index (χ4n) is 3.95. The molecular formula is C20H21ClN8OS. The van der Waals surface area contributed by atoms with Crippen LogP contribution >= 0.6 is 23.1 Å². The van der Waals surface area contributed by atoms with E-state index in [0.717, 1.165) is 42.5 Å². The van der Waals surface area contributed by atoms with Crippen molar-refractivity contribution in [3.63, 3.8) is 0 Å². The first-order chi connectivity index (χ1) is 15.1. The van der Waals surface area contributed by atoms with E-state index in [0.29, 0.717) is 34.1 Å². The second-order valence-electron chi connectivity index (χ2n) is 7.69. The van der Waals surface area contributed by atoms with Crippen LogP contribution in [0, 0.1) is 5.92 Å². The first kappa shape index (κ1) is 20.0. The summed E-state index contributed by atoms with van der Waals surface area (Å²) >= 11 is 7.79. The molecule has 0 spiro atoms. The van der Waals surface area contributed by atoms with Crippen LogP contribution < -0.4 is 10.2 Å². The van der Waals surface area contributed by atoms with E-state index in [1.807, 2.05) is 12.1 Å². The number of nitrogens with zero attached hydrogens (tertiary/aromatic N) is 6. The minimum atomic E-state index is 0.142. The van der Waals surface area contributed by atoms with E-state index in [4.69, 9.17) is 11.6 Å². The fraction of sp³-hybridized carbons (Fsp3) is 0.350. The first-order valence-corrected chi connectivity index (χ1v) is 11.2. The number of Topliss-reactive ketones (excluding diaryl/α,β-unsaturated/α-hetero) is 1. The number of halogens is 1. The van der Waals surface area contributed by atoms with Gasteiger partial charge < -0.3 is 10.2 Å². The van der Waals surface area contributed by atoms with Crippen molar-refractivity contribution in [3.8, 4) is 0 Å².